The quantitative estimate of drug-likeness (QED) is 0.896. The maximum atomic E-state index is 6.06. The molecule has 0 amide bonds. The van der Waals surface area contributed by atoms with Crippen LogP contribution in [-0.4, -0.2) is 35.7 Å². The Labute approximate surface area is 141 Å². The van der Waals surface area contributed by atoms with Gasteiger partial charge in [0.15, 0.2) is 0 Å². The molecule has 4 rings (SSSR count). The van der Waals surface area contributed by atoms with Gasteiger partial charge in [-0.25, -0.2) is 4.98 Å². The third-order valence-electron chi connectivity index (χ3n) is 4.74. The van der Waals surface area contributed by atoms with E-state index in [4.69, 9.17) is 16.2 Å². The van der Waals surface area contributed by atoms with Gasteiger partial charge in [-0.05, 0) is 37.0 Å². The monoisotopic (exact) mass is 325 g/mol. The molecule has 0 bridgehead atoms. The lowest BCUT2D eigenvalue weighted by molar-refractivity contribution is 0.242. The Hall–Kier alpha value is -2.34. The predicted molar refractivity (Wildman–Crippen MR) is 95.2 cm³/mol. The van der Waals surface area contributed by atoms with Crippen LogP contribution in [-0.2, 0) is 6.42 Å². The Bertz CT molecular complexity index is 770. The predicted octanol–water partition coefficient (Wildman–Crippen LogP) is 1.90. The summed E-state index contributed by atoms with van der Waals surface area (Å²) in [6.45, 7) is 4.64. The van der Waals surface area contributed by atoms with Crippen molar-refractivity contribution in [2.75, 3.05) is 30.3 Å². The van der Waals surface area contributed by atoms with Gasteiger partial charge in [0.25, 0.3) is 0 Å². The number of aryl methyl sites for hydroxylation is 1. The third-order valence-corrected chi connectivity index (χ3v) is 4.74. The van der Waals surface area contributed by atoms with Crippen LogP contribution >= 0.6 is 0 Å². The maximum Gasteiger partial charge on any atom is 0.222 e. The van der Waals surface area contributed by atoms with E-state index >= 15 is 0 Å². The Morgan fingerprint density at radius 3 is 2.75 bits per heavy atom. The van der Waals surface area contributed by atoms with Crippen LogP contribution in [0.2, 0.25) is 0 Å². The molecule has 0 saturated carbocycles. The minimum Gasteiger partial charge on any atom is -0.488 e. The largest absolute Gasteiger partial charge is 0.488 e. The summed E-state index contributed by atoms with van der Waals surface area (Å²) in [6.07, 6.45) is 3.28. The number of fused-ring (bicyclic) bond motifs is 1. The molecule has 126 valence electrons. The lowest BCUT2D eigenvalue weighted by Crippen LogP contribution is -2.24. The van der Waals surface area contributed by atoms with Crippen LogP contribution in [0.25, 0.3) is 11.3 Å². The molecule has 0 unspecified atom stereocenters. The average molecular weight is 325 g/mol. The number of hydrogen-bond acceptors (Lipinski definition) is 6. The topological polar surface area (TPSA) is 90.3 Å². The second-order valence-electron chi connectivity index (χ2n) is 6.64. The summed E-state index contributed by atoms with van der Waals surface area (Å²) in [5, 5.41) is 0. The fourth-order valence-electron chi connectivity index (χ4n) is 3.61. The van der Waals surface area contributed by atoms with Gasteiger partial charge < -0.3 is 21.1 Å². The van der Waals surface area contributed by atoms with Gasteiger partial charge >= 0.3 is 0 Å². The molecule has 0 spiro atoms. The smallest absolute Gasteiger partial charge is 0.222 e. The van der Waals surface area contributed by atoms with E-state index in [1.807, 2.05) is 6.07 Å². The van der Waals surface area contributed by atoms with Crippen molar-refractivity contribution in [2.45, 2.75) is 32.3 Å². The summed E-state index contributed by atoms with van der Waals surface area (Å²) in [5.74, 6) is 2.10. The van der Waals surface area contributed by atoms with E-state index in [0.29, 0.717) is 12.5 Å². The number of nitrogens with two attached hydrogens (primary N) is 2. The summed E-state index contributed by atoms with van der Waals surface area (Å²) in [6, 6.07) is 6.30. The summed E-state index contributed by atoms with van der Waals surface area (Å²) in [4.78, 5) is 11.2. The molecule has 0 radical (unpaired) electrons. The van der Waals surface area contributed by atoms with Crippen LogP contribution < -0.4 is 21.1 Å². The van der Waals surface area contributed by atoms with Gasteiger partial charge in [0, 0.05) is 37.7 Å². The Kier molecular flexibility index (Phi) is 3.76. The first-order valence-electron chi connectivity index (χ1n) is 8.54. The number of hydrogen-bond donors (Lipinski definition) is 2. The number of nitrogens with zero attached hydrogens (tertiary/aromatic N) is 3. The summed E-state index contributed by atoms with van der Waals surface area (Å²) >= 11 is 0. The number of ether oxygens (including phenoxy) is 1. The third kappa shape index (κ3) is 2.67. The molecule has 6 heteroatoms. The molecule has 1 saturated heterocycles. The zero-order chi connectivity index (χ0) is 16.7. The molecule has 2 aromatic rings. The van der Waals surface area contributed by atoms with Gasteiger partial charge in [-0.2, -0.15) is 4.98 Å². The fraction of sp³-hybridized carbons (Fsp3) is 0.444. The number of rotatable bonds is 3. The van der Waals surface area contributed by atoms with E-state index < -0.39 is 0 Å². The molecular formula is C18H23N5O. The van der Waals surface area contributed by atoms with Gasteiger partial charge in [0.1, 0.15) is 17.7 Å². The van der Waals surface area contributed by atoms with Crippen molar-refractivity contribution < 1.29 is 4.74 Å². The van der Waals surface area contributed by atoms with E-state index in [0.717, 1.165) is 42.3 Å². The summed E-state index contributed by atoms with van der Waals surface area (Å²) < 4.78 is 6.06. The van der Waals surface area contributed by atoms with Crippen molar-refractivity contribution in [3.8, 4) is 17.0 Å². The van der Waals surface area contributed by atoms with Crippen LogP contribution in [0.5, 0.6) is 5.75 Å². The Morgan fingerprint density at radius 1 is 1.21 bits per heavy atom. The highest BCUT2D eigenvalue weighted by Gasteiger charge is 2.26. The standard InChI is InChI=1S/C18H23N5O/c1-11-6-12-8-13(10-19)24-17(12)14(7-11)15-9-16(22-18(20)21-15)23-4-2-3-5-23/h6-7,9,13H,2-5,8,10,19H2,1H3,(H2,20,21,22)/t13-/m1/s1. The van der Waals surface area contributed by atoms with Crippen LogP contribution in [0.1, 0.15) is 24.0 Å². The van der Waals surface area contributed by atoms with E-state index in [1.165, 1.54) is 24.0 Å². The zero-order valence-electron chi connectivity index (χ0n) is 14.0. The summed E-state index contributed by atoms with van der Waals surface area (Å²) in [5.41, 5.74) is 16.0. The van der Waals surface area contributed by atoms with Gasteiger partial charge in [0.05, 0.1) is 5.69 Å². The van der Waals surface area contributed by atoms with E-state index in [-0.39, 0.29) is 6.10 Å². The fourth-order valence-corrected chi connectivity index (χ4v) is 3.61. The first-order valence-corrected chi connectivity index (χ1v) is 8.54. The molecular weight excluding hydrogens is 302 g/mol. The lowest BCUT2D eigenvalue weighted by Gasteiger charge is -2.18. The van der Waals surface area contributed by atoms with Gasteiger partial charge in [-0.15, -0.1) is 0 Å². The minimum atomic E-state index is 0.0396. The molecule has 0 aliphatic carbocycles. The Morgan fingerprint density at radius 2 is 2.00 bits per heavy atom. The molecule has 4 N–H and O–H groups in total. The molecule has 1 fully saturated rings. The summed E-state index contributed by atoms with van der Waals surface area (Å²) in [7, 11) is 0. The van der Waals surface area contributed by atoms with Crippen molar-refractivity contribution in [2.24, 2.45) is 5.73 Å². The van der Waals surface area contributed by atoms with Crippen molar-refractivity contribution in [1.82, 2.24) is 9.97 Å². The van der Waals surface area contributed by atoms with E-state index in [2.05, 4.69) is 33.9 Å². The second kappa shape index (κ2) is 5.94. The molecule has 2 aliphatic rings. The first kappa shape index (κ1) is 15.2. The second-order valence-corrected chi connectivity index (χ2v) is 6.64. The highest BCUT2D eigenvalue weighted by Crippen LogP contribution is 2.40. The molecule has 1 aromatic carbocycles. The van der Waals surface area contributed by atoms with Crippen LogP contribution in [0, 0.1) is 6.92 Å². The normalized spacial score (nSPS) is 19.4. The highest BCUT2D eigenvalue weighted by molar-refractivity contribution is 5.74. The Balaban J connectivity index is 1.79. The minimum absolute atomic E-state index is 0.0396. The van der Waals surface area contributed by atoms with E-state index in [9.17, 15) is 0 Å². The average Bonchev–Trinajstić information content (AvgIpc) is 3.22. The highest BCUT2D eigenvalue weighted by atomic mass is 16.5. The molecule has 1 atom stereocenters. The number of benzene rings is 1. The number of anilines is 2. The van der Waals surface area contributed by atoms with Crippen molar-refractivity contribution in [3.63, 3.8) is 0 Å². The molecule has 24 heavy (non-hydrogen) atoms. The van der Waals surface area contributed by atoms with Crippen molar-refractivity contribution in [3.05, 3.63) is 29.3 Å². The van der Waals surface area contributed by atoms with Gasteiger partial charge in [-0.3, -0.25) is 0 Å². The van der Waals surface area contributed by atoms with Crippen LogP contribution in [0.15, 0.2) is 18.2 Å². The number of nitrogen functional groups attached to an aromatic ring is 1. The molecule has 1 aromatic heterocycles. The molecule has 6 nitrogen and oxygen atoms in total. The van der Waals surface area contributed by atoms with Crippen molar-refractivity contribution >= 4 is 11.8 Å². The zero-order valence-corrected chi connectivity index (χ0v) is 14.0. The van der Waals surface area contributed by atoms with Crippen molar-refractivity contribution in [1.29, 1.82) is 0 Å². The van der Waals surface area contributed by atoms with Gasteiger partial charge in [-0.1, -0.05) is 6.07 Å². The first-order chi connectivity index (χ1) is 11.6. The lowest BCUT2D eigenvalue weighted by atomic mass is 10.0. The molecule has 2 aliphatic heterocycles. The SMILES string of the molecule is Cc1cc2c(c(-c3cc(N4CCCC4)nc(N)n3)c1)O[C@@H](CN)C2. The van der Waals surface area contributed by atoms with Crippen LogP contribution in [0.4, 0.5) is 11.8 Å². The number of aromatic nitrogens is 2. The molecule has 3 heterocycles. The van der Waals surface area contributed by atoms with Gasteiger partial charge in [0.2, 0.25) is 5.95 Å². The van der Waals surface area contributed by atoms with E-state index in [1.54, 1.807) is 0 Å². The van der Waals surface area contributed by atoms with Crippen LogP contribution in [0.3, 0.4) is 0 Å². The maximum absolute atomic E-state index is 6.06.